The van der Waals surface area contributed by atoms with Gasteiger partial charge < -0.3 is 16.0 Å². The minimum atomic E-state index is -0.139. The molecule has 3 N–H and O–H groups in total. The summed E-state index contributed by atoms with van der Waals surface area (Å²) in [6.07, 6.45) is 3.53. The van der Waals surface area contributed by atoms with Gasteiger partial charge in [-0.15, -0.1) is 0 Å². The van der Waals surface area contributed by atoms with Gasteiger partial charge in [-0.3, -0.25) is 9.78 Å². The van der Waals surface area contributed by atoms with E-state index in [4.69, 9.17) is 5.73 Å². The maximum Gasteiger partial charge on any atom is 0.251 e. The summed E-state index contributed by atoms with van der Waals surface area (Å²) >= 11 is 0. The van der Waals surface area contributed by atoms with Crippen LogP contribution < -0.4 is 16.0 Å². The summed E-state index contributed by atoms with van der Waals surface area (Å²) in [5.41, 5.74) is 9.23. The molecule has 0 atom stereocenters. The van der Waals surface area contributed by atoms with Gasteiger partial charge in [0.15, 0.2) is 0 Å². The van der Waals surface area contributed by atoms with E-state index in [0.29, 0.717) is 11.3 Å². The van der Waals surface area contributed by atoms with Crippen LogP contribution in [0.25, 0.3) is 0 Å². The predicted molar refractivity (Wildman–Crippen MR) is 80.6 cm³/mol. The number of hydrogen-bond acceptors (Lipinski definition) is 4. The zero-order valence-corrected chi connectivity index (χ0v) is 11.6. The molecule has 1 aromatic carbocycles. The normalized spacial score (nSPS) is 10.1. The topological polar surface area (TPSA) is 71.2 Å². The predicted octanol–water partition coefficient (Wildman–Crippen LogP) is 1.66. The average Bonchev–Trinajstić information content (AvgIpc) is 2.47. The summed E-state index contributed by atoms with van der Waals surface area (Å²) in [4.78, 5) is 17.6. The Bertz CT molecular complexity index is 598. The van der Waals surface area contributed by atoms with Crippen molar-refractivity contribution in [2.45, 2.75) is 6.54 Å². The Labute approximate surface area is 118 Å². The molecule has 0 radical (unpaired) electrons. The number of nitrogens with one attached hydrogen (secondary N) is 1. The molecule has 0 aliphatic carbocycles. The highest BCUT2D eigenvalue weighted by atomic mass is 16.1. The second-order valence-electron chi connectivity index (χ2n) is 4.56. The molecule has 0 bridgehead atoms. The van der Waals surface area contributed by atoms with Crippen molar-refractivity contribution in [3.05, 3.63) is 53.9 Å². The monoisotopic (exact) mass is 270 g/mol. The highest BCUT2D eigenvalue weighted by molar-refractivity contribution is 5.96. The Morgan fingerprint density at radius 3 is 2.60 bits per heavy atom. The second kappa shape index (κ2) is 6.06. The summed E-state index contributed by atoms with van der Waals surface area (Å²) in [6.45, 7) is 0.728. The summed E-state index contributed by atoms with van der Waals surface area (Å²) in [5, 5.41) is 2.58. The molecule has 20 heavy (non-hydrogen) atoms. The number of amides is 1. The van der Waals surface area contributed by atoms with Gasteiger partial charge in [-0.25, -0.2) is 0 Å². The fourth-order valence-electron chi connectivity index (χ4n) is 2.03. The zero-order valence-electron chi connectivity index (χ0n) is 11.6. The molecule has 1 heterocycles. The first-order chi connectivity index (χ1) is 9.61. The minimum absolute atomic E-state index is 0.139. The molecule has 0 saturated heterocycles. The SMILES string of the molecule is CNC(=O)c1ccc(N(C)Cc2ccncc2)c(N)c1. The van der Waals surface area contributed by atoms with E-state index < -0.39 is 0 Å². The molecule has 1 amide bonds. The van der Waals surface area contributed by atoms with Crippen LogP contribution in [0.15, 0.2) is 42.7 Å². The van der Waals surface area contributed by atoms with E-state index in [-0.39, 0.29) is 5.91 Å². The quantitative estimate of drug-likeness (QED) is 0.829. The smallest absolute Gasteiger partial charge is 0.251 e. The van der Waals surface area contributed by atoms with Gasteiger partial charge >= 0.3 is 0 Å². The fourth-order valence-corrected chi connectivity index (χ4v) is 2.03. The molecular weight excluding hydrogens is 252 g/mol. The minimum Gasteiger partial charge on any atom is -0.397 e. The van der Waals surface area contributed by atoms with Crippen LogP contribution >= 0.6 is 0 Å². The van der Waals surface area contributed by atoms with E-state index in [9.17, 15) is 4.79 Å². The Morgan fingerprint density at radius 2 is 2.00 bits per heavy atom. The fraction of sp³-hybridized carbons (Fsp3) is 0.200. The molecule has 104 valence electrons. The number of rotatable bonds is 4. The Morgan fingerprint density at radius 1 is 1.30 bits per heavy atom. The van der Waals surface area contributed by atoms with Gasteiger partial charge in [0.25, 0.3) is 5.91 Å². The van der Waals surface area contributed by atoms with Crippen molar-refractivity contribution in [3.8, 4) is 0 Å². The first kappa shape index (κ1) is 13.9. The standard InChI is InChI=1S/C15H18N4O/c1-17-15(20)12-3-4-14(13(16)9-12)19(2)10-11-5-7-18-8-6-11/h3-9H,10,16H2,1-2H3,(H,17,20). The number of hydrogen-bond donors (Lipinski definition) is 2. The van der Waals surface area contributed by atoms with Crippen LogP contribution in [-0.2, 0) is 6.54 Å². The molecule has 1 aromatic heterocycles. The van der Waals surface area contributed by atoms with Gasteiger partial charge in [-0.1, -0.05) is 0 Å². The van der Waals surface area contributed by atoms with E-state index in [1.165, 1.54) is 0 Å². The van der Waals surface area contributed by atoms with Crippen molar-refractivity contribution in [2.24, 2.45) is 0 Å². The van der Waals surface area contributed by atoms with Crippen molar-refractivity contribution in [2.75, 3.05) is 24.7 Å². The van der Waals surface area contributed by atoms with E-state index in [0.717, 1.165) is 17.8 Å². The van der Waals surface area contributed by atoms with Crippen molar-refractivity contribution >= 4 is 17.3 Å². The van der Waals surface area contributed by atoms with Crippen LogP contribution in [0.1, 0.15) is 15.9 Å². The Kier molecular flexibility index (Phi) is 4.20. The van der Waals surface area contributed by atoms with E-state index in [1.807, 2.05) is 30.1 Å². The number of benzene rings is 1. The number of nitrogens with zero attached hydrogens (tertiary/aromatic N) is 2. The molecule has 0 fully saturated rings. The highest BCUT2D eigenvalue weighted by Crippen LogP contribution is 2.24. The molecule has 2 rings (SSSR count). The third kappa shape index (κ3) is 3.06. The van der Waals surface area contributed by atoms with Crippen LogP contribution in [0.5, 0.6) is 0 Å². The number of carbonyl (C=O) groups is 1. The van der Waals surface area contributed by atoms with Crippen molar-refractivity contribution < 1.29 is 4.79 Å². The third-order valence-corrected chi connectivity index (χ3v) is 3.10. The summed E-state index contributed by atoms with van der Waals surface area (Å²) in [5.74, 6) is -0.139. The van der Waals surface area contributed by atoms with Crippen LogP contribution in [0, 0.1) is 0 Å². The second-order valence-corrected chi connectivity index (χ2v) is 4.56. The van der Waals surface area contributed by atoms with Gasteiger partial charge in [0.2, 0.25) is 0 Å². The van der Waals surface area contributed by atoms with Crippen LogP contribution in [0.3, 0.4) is 0 Å². The number of nitrogens with two attached hydrogens (primary N) is 1. The third-order valence-electron chi connectivity index (χ3n) is 3.10. The van der Waals surface area contributed by atoms with Crippen LogP contribution in [0.2, 0.25) is 0 Å². The average molecular weight is 270 g/mol. The van der Waals surface area contributed by atoms with Gasteiger partial charge in [-0.05, 0) is 35.9 Å². The van der Waals surface area contributed by atoms with Crippen LogP contribution in [-0.4, -0.2) is 25.0 Å². The van der Waals surface area contributed by atoms with Crippen molar-refractivity contribution in [1.29, 1.82) is 0 Å². The summed E-state index contributed by atoms with van der Waals surface area (Å²) in [7, 11) is 3.56. The van der Waals surface area contributed by atoms with Crippen LogP contribution in [0.4, 0.5) is 11.4 Å². The lowest BCUT2D eigenvalue weighted by Crippen LogP contribution is -2.20. The summed E-state index contributed by atoms with van der Waals surface area (Å²) < 4.78 is 0. The first-order valence-corrected chi connectivity index (χ1v) is 6.33. The number of carbonyl (C=O) groups excluding carboxylic acids is 1. The molecular formula is C15H18N4O. The highest BCUT2D eigenvalue weighted by Gasteiger charge is 2.10. The van der Waals surface area contributed by atoms with Crippen molar-refractivity contribution in [1.82, 2.24) is 10.3 Å². The van der Waals surface area contributed by atoms with E-state index in [1.54, 1.807) is 31.6 Å². The maximum atomic E-state index is 11.6. The number of pyridine rings is 1. The lowest BCUT2D eigenvalue weighted by Gasteiger charge is -2.21. The molecule has 0 saturated carbocycles. The number of anilines is 2. The lowest BCUT2D eigenvalue weighted by atomic mass is 10.1. The van der Waals surface area contributed by atoms with E-state index >= 15 is 0 Å². The van der Waals surface area contributed by atoms with Gasteiger partial charge in [0.05, 0.1) is 11.4 Å². The molecule has 0 aliphatic rings. The van der Waals surface area contributed by atoms with Gasteiger partial charge in [-0.2, -0.15) is 0 Å². The summed E-state index contributed by atoms with van der Waals surface area (Å²) in [6, 6.07) is 9.25. The number of nitrogen functional groups attached to an aromatic ring is 1. The molecule has 5 heteroatoms. The largest absolute Gasteiger partial charge is 0.397 e. The van der Waals surface area contributed by atoms with E-state index in [2.05, 4.69) is 10.3 Å². The molecule has 0 spiro atoms. The Balaban J connectivity index is 2.18. The number of aromatic nitrogens is 1. The molecule has 5 nitrogen and oxygen atoms in total. The van der Waals surface area contributed by atoms with Gasteiger partial charge in [0.1, 0.15) is 0 Å². The molecule has 0 aliphatic heterocycles. The van der Waals surface area contributed by atoms with Crippen molar-refractivity contribution in [3.63, 3.8) is 0 Å². The van der Waals surface area contributed by atoms with Gasteiger partial charge in [0, 0.05) is 38.6 Å². The molecule has 2 aromatic rings. The zero-order chi connectivity index (χ0) is 14.5. The first-order valence-electron chi connectivity index (χ1n) is 6.33. The Hall–Kier alpha value is -2.56. The maximum absolute atomic E-state index is 11.6. The molecule has 0 unspecified atom stereocenters. The lowest BCUT2D eigenvalue weighted by molar-refractivity contribution is 0.0963.